The summed E-state index contributed by atoms with van der Waals surface area (Å²) in [5.74, 6) is -0.0963. The van der Waals surface area contributed by atoms with Crippen LogP contribution in [0.1, 0.15) is 18.1 Å². The minimum absolute atomic E-state index is 0.0963. The van der Waals surface area contributed by atoms with Crippen LogP contribution in [0.25, 0.3) is 16.5 Å². The molecule has 29 heavy (non-hydrogen) atoms. The van der Waals surface area contributed by atoms with Crippen molar-refractivity contribution < 1.29 is 4.79 Å². The highest BCUT2D eigenvalue weighted by Crippen LogP contribution is 2.27. The van der Waals surface area contributed by atoms with Crippen LogP contribution in [0.2, 0.25) is 0 Å². The Labute approximate surface area is 173 Å². The molecule has 0 saturated carbocycles. The molecule has 0 aliphatic rings. The molecular formula is C22H21N5OS. The Morgan fingerprint density at radius 2 is 1.83 bits per heavy atom. The fourth-order valence-corrected chi connectivity index (χ4v) is 3.86. The standard InChI is InChI=1S/C22H21N5OS/c1-14-11-12-18(13-15(14)2)27-22(24-25-26-27)29-16(3)21(28)23-20-10-6-8-17-7-4-5-9-19(17)20/h4-13,16H,1-3H3,(H,23,28). The van der Waals surface area contributed by atoms with Crippen LogP contribution in [0.3, 0.4) is 0 Å². The molecule has 0 aliphatic heterocycles. The molecule has 4 aromatic rings. The van der Waals surface area contributed by atoms with Gasteiger partial charge in [0, 0.05) is 11.1 Å². The number of carbonyl (C=O) groups excluding carboxylic acids is 1. The number of rotatable bonds is 5. The highest BCUT2D eigenvalue weighted by molar-refractivity contribution is 8.00. The third-order valence-corrected chi connectivity index (χ3v) is 5.91. The van der Waals surface area contributed by atoms with E-state index in [1.807, 2.05) is 67.6 Å². The van der Waals surface area contributed by atoms with E-state index >= 15 is 0 Å². The summed E-state index contributed by atoms with van der Waals surface area (Å²) in [6, 6.07) is 19.9. The summed E-state index contributed by atoms with van der Waals surface area (Å²) in [6.45, 7) is 5.97. The summed E-state index contributed by atoms with van der Waals surface area (Å²) in [5, 5.41) is 17.3. The van der Waals surface area contributed by atoms with E-state index in [2.05, 4.69) is 34.7 Å². The maximum Gasteiger partial charge on any atom is 0.237 e. The van der Waals surface area contributed by atoms with Gasteiger partial charge >= 0.3 is 0 Å². The fourth-order valence-electron chi connectivity index (χ4n) is 3.05. The summed E-state index contributed by atoms with van der Waals surface area (Å²) in [6.07, 6.45) is 0. The monoisotopic (exact) mass is 403 g/mol. The Balaban J connectivity index is 1.52. The summed E-state index contributed by atoms with van der Waals surface area (Å²) in [7, 11) is 0. The molecule has 4 rings (SSSR count). The number of nitrogens with one attached hydrogen (secondary N) is 1. The van der Waals surface area contributed by atoms with E-state index < -0.39 is 0 Å². The first-order valence-corrected chi connectivity index (χ1v) is 10.2. The van der Waals surface area contributed by atoms with Gasteiger partial charge in [0.1, 0.15) is 0 Å². The SMILES string of the molecule is Cc1ccc(-n2nnnc2SC(C)C(=O)Nc2cccc3ccccc23)cc1C. The minimum atomic E-state index is -0.370. The summed E-state index contributed by atoms with van der Waals surface area (Å²) < 4.78 is 1.67. The van der Waals surface area contributed by atoms with Crippen molar-refractivity contribution in [3.8, 4) is 5.69 Å². The average Bonchev–Trinajstić information content (AvgIpc) is 3.18. The number of anilines is 1. The van der Waals surface area contributed by atoms with Crippen molar-refractivity contribution in [3.05, 3.63) is 71.8 Å². The molecule has 1 N–H and O–H groups in total. The summed E-state index contributed by atoms with van der Waals surface area (Å²) >= 11 is 1.33. The number of carbonyl (C=O) groups is 1. The summed E-state index contributed by atoms with van der Waals surface area (Å²) in [5.41, 5.74) is 4.05. The van der Waals surface area contributed by atoms with Crippen LogP contribution in [-0.4, -0.2) is 31.4 Å². The van der Waals surface area contributed by atoms with Crippen LogP contribution in [0, 0.1) is 13.8 Å². The third-order valence-electron chi connectivity index (χ3n) is 4.87. The van der Waals surface area contributed by atoms with Crippen LogP contribution in [0.15, 0.2) is 65.8 Å². The van der Waals surface area contributed by atoms with Crippen LogP contribution in [0.5, 0.6) is 0 Å². The minimum Gasteiger partial charge on any atom is -0.325 e. The van der Waals surface area contributed by atoms with E-state index in [4.69, 9.17) is 0 Å². The van der Waals surface area contributed by atoms with E-state index in [1.54, 1.807) is 4.68 Å². The number of aromatic nitrogens is 4. The second-order valence-corrected chi connectivity index (χ2v) is 8.23. The number of hydrogen-bond acceptors (Lipinski definition) is 5. The Bertz CT molecular complexity index is 1180. The first kappa shape index (κ1) is 19.1. The second-order valence-electron chi connectivity index (χ2n) is 6.92. The Morgan fingerprint density at radius 1 is 1.03 bits per heavy atom. The van der Waals surface area contributed by atoms with Gasteiger partial charge in [-0.1, -0.05) is 54.2 Å². The molecule has 0 saturated heterocycles. The first-order chi connectivity index (χ1) is 14.0. The van der Waals surface area contributed by atoms with Crippen molar-refractivity contribution >= 4 is 34.1 Å². The molecule has 0 radical (unpaired) electrons. The first-order valence-electron chi connectivity index (χ1n) is 9.34. The van der Waals surface area contributed by atoms with Gasteiger partial charge in [-0.15, -0.1) is 5.10 Å². The van der Waals surface area contributed by atoms with Crippen LogP contribution < -0.4 is 5.32 Å². The average molecular weight is 404 g/mol. The lowest BCUT2D eigenvalue weighted by Crippen LogP contribution is -2.23. The van der Waals surface area contributed by atoms with E-state index in [0.717, 1.165) is 27.7 Å². The van der Waals surface area contributed by atoms with E-state index in [0.29, 0.717) is 5.16 Å². The lowest BCUT2D eigenvalue weighted by molar-refractivity contribution is -0.115. The van der Waals surface area contributed by atoms with Gasteiger partial charge in [0.25, 0.3) is 0 Å². The van der Waals surface area contributed by atoms with Crippen LogP contribution in [0.4, 0.5) is 5.69 Å². The number of nitrogens with zero attached hydrogens (tertiary/aromatic N) is 4. The Kier molecular flexibility index (Phi) is 5.31. The summed E-state index contributed by atoms with van der Waals surface area (Å²) in [4.78, 5) is 12.8. The molecule has 1 amide bonds. The molecule has 0 aliphatic carbocycles. The molecule has 7 heteroatoms. The normalized spacial score (nSPS) is 12.1. The molecule has 1 unspecified atom stereocenters. The molecule has 1 heterocycles. The lowest BCUT2D eigenvalue weighted by Gasteiger charge is -2.13. The molecule has 0 fully saturated rings. The largest absolute Gasteiger partial charge is 0.325 e. The number of fused-ring (bicyclic) bond motifs is 1. The molecular weight excluding hydrogens is 382 g/mol. The number of thioether (sulfide) groups is 1. The molecule has 0 bridgehead atoms. The van der Waals surface area contributed by atoms with E-state index in [1.165, 1.54) is 17.3 Å². The van der Waals surface area contributed by atoms with Gasteiger partial charge in [0.05, 0.1) is 10.9 Å². The zero-order valence-corrected chi connectivity index (χ0v) is 17.3. The Hall–Kier alpha value is -3.19. The third kappa shape index (κ3) is 4.00. The maximum atomic E-state index is 12.8. The van der Waals surface area contributed by atoms with E-state index in [9.17, 15) is 4.79 Å². The van der Waals surface area contributed by atoms with Gasteiger partial charge < -0.3 is 5.32 Å². The van der Waals surface area contributed by atoms with Crippen molar-refractivity contribution in [1.29, 1.82) is 0 Å². The zero-order chi connectivity index (χ0) is 20.4. The molecule has 0 spiro atoms. The highest BCUT2D eigenvalue weighted by Gasteiger charge is 2.20. The van der Waals surface area contributed by atoms with Crippen LogP contribution >= 0.6 is 11.8 Å². The number of aryl methyl sites for hydroxylation is 2. The van der Waals surface area contributed by atoms with Gasteiger partial charge in [-0.2, -0.15) is 4.68 Å². The number of tetrazole rings is 1. The molecule has 3 aromatic carbocycles. The topological polar surface area (TPSA) is 72.7 Å². The second kappa shape index (κ2) is 8.05. The fraction of sp³-hybridized carbons (Fsp3) is 0.182. The van der Waals surface area contributed by atoms with Crippen molar-refractivity contribution in [2.24, 2.45) is 0 Å². The Morgan fingerprint density at radius 3 is 2.66 bits per heavy atom. The van der Waals surface area contributed by atoms with Crippen LogP contribution in [-0.2, 0) is 4.79 Å². The predicted octanol–water partition coefficient (Wildman–Crippen LogP) is 4.55. The smallest absolute Gasteiger partial charge is 0.237 e. The van der Waals surface area contributed by atoms with Gasteiger partial charge in [0.15, 0.2) is 0 Å². The molecule has 6 nitrogen and oxygen atoms in total. The van der Waals surface area contributed by atoms with Crippen molar-refractivity contribution in [1.82, 2.24) is 20.2 Å². The molecule has 1 atom stereocenters. The molecule has 146 valence electrons. The van der Waals surface area contributed by atoms with Crippen molar-refractivity contribution in [2.75, 3.05) is 5.32 Å². The number of benzene rings is 3. The number of hydrogen-bond donors (Lipinski definition) is 1. The zero-order valence-electron chi connectivity index (χ0n) is 16.5. The quantitative estimate of drug-likeness (QED) is 0.495. The number of amides is 1. The highest BCUT2D eigenvalue weighted by atomic mass is 32.2. The molecule has 1 aromatic heterocycles. The predicted molar refractivity (Wildman–Crippen MR) is 117 cm³/mol. The van der Waals surface area contributed by atoms with Gasteiger partial charge in [-0.3, -0.25) is 4.79 Å². The van der Waals surface area contributed by atoms with Gasteiger partial charge in [0.2, 0.25) is 11.1 Å². The van der Waals surface area contributed by atoms with Crippen molar-refractivity contribution in [3.63, 3.8) is 0 Å². The van der Waals surface area contributed by atoms with E-state index in [-0.39, 0.29) is 11.2 Å². The van der Waals surface area contributed by atoms with Crippen molar-refractivity contribution in [2.45, 2.75) is 31.2 Å². The van der Waals surface area contributed by atoms with Gasteiger partial charge in [-0.05, 0) is 65.9 Å². The maximum absolute atomic E-state index is 12.8. The van der Waals surface area contributed by atoms with Gasteiger partial charge in [-0.25, -0.2) is 0 Å². The lowest BCUT2D eigenvalue weighted by atomic mass is 10.1.